The lowest BCUT2D eigenvalue weighted by Gasteiger charge is -2.36. The van der Waals surface area contributed by atoms with E-state index >= 15 is 0 Å². The van der Waals surface area contributed by atoms with Crippen LogP contribution in [0.5, 0.6) is 0 Å². The smallest absolute Gasteiger partial charge is 0.0297 e. The zero-order chi connectivity index (χ0) is 12.3. The van der Waals surface area contributed by atoms with E-state index in [4.69, 9.17) is 5.73 Å². The molecule has 1 heterocycles. The minimum Gasteiger partial charge on any atom is -0.325 e. The van der Waals surface area contributed by atoms with Gasteiger partial charge in [-0.05, 0) is 13.0 Å². The summed E-state index contributed by atoms with van der Waals surface area (Å²) in [4.78, 5) is 2.48. The van der Waals surface area contributed by atoms with E-state index in [0.717, 1.165) is 13.1 Å². The Kier molecular flexibility index (Phi) is 8.72. The van der Waals surface area contributed by atoms with E-state index in [1.165, 1.54) is 70.8 Å². The third-order valence-corrected chi connectivity index (χ3v) is 3.81. The summed E-state index contributed by atoms with van der Waals surface area (Å²) in [6.45, 7) is 5.84. The number of rotatable bonds is 11. The average Bonchev–Trinajstić information content (AvgIpc) is 2.29. The maximum Gasteiger partial charge on any atom is 0.0297 e. The maximum atomic E-state index is 5.75. The summed E-state index contributed by atoms with van der Waals surface area (Å²) in [6, 6.07) is 0.470. The third kappa shape index (κ3) is 7.77. The Morgan fingerprint density at radius 2 is 1.29 bits per heavy atom. The van der Waals surface area contributed by atoms with Crippen LogP contribution in [0.2, 0.25) is 0 Å². The Labute approximate surface area is 108 Å². The molecule has 1 fully saturated rings. The summed E-state index contributed by atoms with van der Waals surface area (Å²) < 4.78 is 0. The van der Waals surface area contributed by atoms with Crippen LogP contribution in [-0.2, 0) is 0 Å². The largest absolute Gasteiger partial charge is 0.325 e. The number of nitrogens with two attached hydrogens (primary N) is 1. The molecule has 102 valence electrons. The molecule has 0 aliphatic carbocycles. The maximum absolute atomic E-state index is 5.75. The van der Waals surface area contributed by atoms with Crippen LogP contribution in [0.1, 0.15) is 71.1 Å². The lowest BCUT2D eigenvalue weighted by atomic mass is 10.1. The Balaban J connectivity index is 1.67. The second kappa shape index (κ2) is 9.90. The Hall–Kier alpha value is -0.0800. The zero-order valence-corrected chi connectivity index (χ0v) is 11.8. The zero-order valence-electron chi connectivity index (χ0n) is 11.8. The van der Waals surface area contributed by atoms with Crippen molar-refractivity contribution in [2.45, 2.75) is 77.2 Å². The predicted molar refractivity (Wildman–Crippen MR) is 76.3 cm³/mol. The van der Waals surface area contributed by atoms with Gasteiger partial charge in [0.15, 0.2) is 0 Å². The molecule has 1 saturated heterocycles. The quantitative estimate of drug-likeness (QED) is 0.560. The van der Waals surface area contributed by atoms with Crippen LogP contribution in [0.25, 0.3) is 0 Å². The van der Waals surface area contributed by atoms with Gasteiger partial charge < -0.3 is 10.6 Å². The number of hydrogen-bond donors (Lipinski definition) is 1. The van der Waals surface area contributed by atoms with Crippen LogP contribution in [0, 0.1) is 0 Å². The highest BCUT2D eigenvalue weighted by Crippen LogP contribution is 2.12. The van der Waals surface area contributed by atoms with Crippen LogP contribution < -0.4 is 5.73 Å². The van der Waals surface area contributed by atoms with E-state index < -0.39 is 0 Å². The SMILES string of the molecule is CCCCCCCCCCCCN1CC(N)C1. The van der Waals surface area contributed by atoms with Gasteiger partial charge in [-0.25, -0.2) is 0 Å². The van der Waals surface area contributed by atoms with E-state index in [0.29, 0.717) is 6.04 Å². The van der Waals surface area contributed by atoms with Crippen LogP contribution in [0.15, 0.2) is 0 Å². The molecule has 2 heteroatoms. The molecule has 0 radical (unpaired) electrons. The third-order valence-electron chi connectivity index (χ3n) is 3.81. The van der Waals surface area contributed by atoms with E-state index in [2.05, 4.69) is 11.8 Å². The molecule has 2 N–H and O–H groups in total. The van der Waals surface area contributed by atoms with Crippen molar-refractivity contribution in [3.05, 3.63) is 0 Å². The highest BCUT2D eigenvalue weighted by atomic mass is 15.2. The molecule has 0 spiro atoms. The van der Waals surface area contributed by atoms with Gasteiger partial charge in [-0.15, -0.1) is 0 Å². The lowest BCUT2D eigenvalue weighted by molar-refractivity contribution is 0.148. The van der Waals surface area contributed by atoms with Crippen molar-refractivity contribution in [2.24, 2.45) is 5.73 Å². The van der Waals surface area contributed by atoms with E-state index in [1.54, 1.807) is 0 Å². The molecule has 1 aliphatic rings. The molecule has 2 nitrogen and oxygen atoms in total. The summed E-state index contributed by atoms with van der Waals surface area (Å²) in [5.74, 6) is 0. The van der Waals surface area contributed by atoms with Gasteiger partial charge in [0.2, 0.25) is 0 Å². The van der Waals surface area contributed by atoms with Gasteiger partial charge in [-0.3, -0.25) is 0 Å². The minimum atomic E-state index is 0.470. The molecule has 1 aliphatic heterocycles. The molecule has 1 rings (SSSR count). The summed E-state index contributed by atoms with van der Waals surface area (Å²) in [7, 11) is 0. The second-order valence-corrected chi connectivity index (χ2v) is 5.70. The monoisotopic (exact) mass is 240 g/mol. The van der Waals surface area contributed by atoms with Gasteiger partial charge in [0, 0.05) is 19.1 Å². The molecule has 0 saturated carbocycles. The van der Waals surface area contributed by atoms with Gasteiger partial charge in [0.1, 0.15) is 0 Å². The predicted octanol–water partition coefficient (Wildman–Crippen LogP) is 3.55. The molecule has 0 amide bonds. The molecule has 0 bridgehead atoms. The van der Waals surface area contributed by atoms with Crippen LogP contribution in [0.4, 0.5) is 0 Å². The summed E-state index contributed by atoms with van der Waals surface area (Å²) in [5, 5.41) is 0. The fraction of sp³-hybridized carbons (Fsp3) is 1.00. The summed E-state index contributed by atoms with van der Waals surface area (Å²) in [5.41, 5.74) is 5.75. The van der Waals surface area contributed by atoms with Gasteiger partial charge in [0.25, 0.3) is 0 Å². The van der Waals surface area contributed by atoms with Crippen LogP contribution in [0.3, 0.4) is 0 Å². The normalized spacial score (nSPS) is 17.3. The fourth-order valence-electron chi connectivity index (χ4n) is 2.62. The first-order chi connectivity index (χ1) is 8.33. The number of hydrogen-bond acceptors (Lipinski definition) is 2. The van der Waals surface area contributed by atoms with Crippen molar-refractivity contribution in [1.29, 1.82) is 0 Å². The second-order valence-electron chi connectivity index (χ2n) is 5.70. The van der Waals surface area contributed by atoms with Gasteiger partial charge in [0.05, 0.1) is 0 Å². The molecular formula is C15H32N2. The van der Waals surface area contributed by atoms with Crippen molar-refractivity contribution < 1.29 is 0 Å². The standard InChI is InChI=1S/C15H32N2/c1-2-3-4-5-6-7-8-9-10-11-12-17-13-15(16)14-17/h15H,2-14,16H2,1H3. The van der Waals surface area contributed by atoms with E-state index in [9.17, 15) is 0 Å². The molecule has 0 aromatic heterocycles. The average molecular weight is 240 g/mol. The van der Waals surface area contributed by atoms with Gasteiger partial charge >= 0.3 is 0 Å². The van der Waals surface area contributed by atoms with Crippen molar-refractivity contribution >= 4 is 0 Å². The summed E-state index contributed by atoms with van der Waals surface area (Å²) in [6.07, 6.45) is 14.3. The molecule has 0 aromatic carbocycles. The van der Waals surface area contributed by atoms with Gasteiger partial charge in [-0.2, -0.15) is 0 Å². The molecule has 0 aromatic rings. The van der Waals surface area contributed by atoms with E-state index in [1.807, 2.05) is 0 Å². The van der Waals surface area contributed by atoms with Crippen molar-refractivity contribution in [2.75, 3.05) is 19.6 Å². The highest BCUT2D eigenvalue weighted by Gasteiger charge is 2.21. The van der Waals surface area contributed by atoms with E-state index in [-0.39, 0.29) is 0 Å². The summed E-state index contributed by atoms with van der Waals surface area (Å²) >= 11 is 0. The van der Waals surface area contributed by atoms with Crippen molar-refractivity contribution in [1.82, 2.24) is 4.90 Å². The topological polar surface area (TPSA) is 29.3 Å². The molecule has 0 unspecified atom stereocenters. The number of unbranched alkanes of at least 4 members (excludes halogenated alkanes) is 9. The van der Waals surface area contributed by atoms with Crippen molar-refractivity contribution in [3.8, 4) is 0 Å². The first-order valence-electron chi connectivity index (χ1n) is 7.81. The lowest BCUT2D eigenvalue weighted by Crippen LogP contribution is -2.55. The Bertz CT molecular complexity index is 164. The Morgan fingerprint density at radius 3 is 1.76 bits per heavy atom. The molecule has 17 heavy (non-hydrogen) atoms. The highest BCUT2D eigenvalue weighted by molar-refractivity contribution is 4.81. The Morgan fingerprint density at radius 1 is 0.824 bits per heavy atom. The van der Waals surface area contributed by atoms with Crippen LogP contribution in [-0.4, -0.2) is 30.6 Å². The molecular weight excluding hydrogens is 208 g/mol. The first kappa shape index (κ1) is 15.0. The van der Waals surface area contributed by atoms with Gasteiger partial charge in [-0.1, -0.05) is 64.7 Å². The fourth-order valence-corrected chi connectivity index (χ4v) is 2.62. The first-order valence-corrected chi connectivity index (χ1v) is 7.81. The van der Waals surface area contributed by atoms with Crippen molar-refractivity contribution in [3.63, 3.8) is 0 Å². The number of likely N-dealkylation sites (tertiary alicyclic amines) is 1. The minimum absolute atomic E-state index is 0.470. The van der Waals surface area contributed by atoms with Crippen LogP contribution >= 0.6 is 0 Å². The number of nitrogens with zero attached hydrogens (tertiary/aromatic N) is 1. The molecule has 0 atom stereocenters.